The molecule has 2 atom stereocenters. The van der Waals surface area contributed by atoms with Gasteiger partial charge in [-0.3, -0.25) is 4.90 Å². The third kappa shape index (κ3) is 3.47. The molecule has 0 saturated carbocycles. The molecule has 4 rings (SSSR count). The number of sulfonamides is 1. The van der Waals surface area contributed by atoms with Crippen molar-refractivity contribution in [1.29, 1.82) is 0 Å². The van der Waals surface area contributed by atoms with Gasteiger partial charge in [0.2, 0.25) is 10.0 Å². The summed E-state index contributed by atoms with van der Waals surface area (Å²) in [5, 5.41) is 0. The first-order chi connectivity index (χ1) is 13.4. The van der Waals surface area contributed by atoms with E-state index < -0.39 is 21.9 Å². The monoisotopic (exact) mass is 433 g/mol. The standard InChI is InChI=1S/C19H26F3N3O3S/c1-13-15(5-6-16(23-13)19(20,21)22)29(26,27)25-11-18(12-25)9-24(10-18)14(2)17(3)7-4-8-28-17/h5-6,14H,4,7-12H2,1-3H3/t14-,17?/m0/s1. The Morgan fingerprint density at radius 3 is 2.38 bits per heavy atom. The van der Waals surface area contributed by atoms with Gasteiger partial charge in [0.1, 0.15) is 10.6 Å². The average molecular weight is 433 g/mol. The van der Waals surface area contributed by atoms with Crippen LogP contribution in [0.4, 0.5) is 13.2 Å². The van der Waals surface area contributed by atoms with Crippen LogP contribution in [0.2, 0.25) is 0 Å². The molecule has 1 aromatic heterocycles. The minimum atomic E-state index is -4.60. The molecule has 0 amide bonds. The molecule has 3 saturated heterocycles. The van der Waals surface area contributed by atoms with E-state index in [1.165, 1.54) is 11.2 Å². The Labute approximate surface area is 169 Å². The number of aryl methyl sites for hydroxylation is 1. The fraction of sp³-hybridized carbons (Fsp3) is 0.737. The lowest BCUT2D eigenvalue weighted by atomic mass is 9.72. The highest BCUT2D eigenvalue weighted by molar-refractivity contribution is 7.89. The SMILES string of the molecule is Cc1nc(C(F)(F)F)ccc1S(=O)(=O)N1CC2(CN([C@@H](C)C3(C)CCCO3)C2)C1. The molecule has 162 valence electrons. The number of ether oxygens (including phenoxy) is 1. The molecule has 0 aliphatic carbocycles. The maximum atomic E-state index is 12.9. The van der Waals surface area contributed by atoms with Crippen molar-refractivity contribution in [3.63, 3.8) is 0 Å². The van der Waals surface area contributed by atoms with E-state index in [-0.39, 0.29) is 27.6 Å². The summed E-state index contributed by atoms with van der Waals surface area (Å²) in [6, 6.07) is 2.01. The minimum absolute atomic E-state index is 0.0659. The van der Waals surface area contributed by atoms with Crippen molar-refractivity contribution in [3.05, 3.63) is 23.5 Å². The van der Waals surface area contributed by atoms with E-state index in [4.69, 9.17) is 4.74 Å². The molecule has 1 aromatic rings. The van der Waals surface area contributed by atoms with Gasteiger partial charge in [-0.05, 0) is 45.7 Å². The molecule has 0 N–H and O–H groups in total. The van der Waals surface area contributed by atoms with E-state index >= 15 is 0 Å². The number of hydrogen-bond donors (Lipinski definition) is 0. The highest BCUT2D eigenvalue weighted by atomic mass is 32.2. The van der Waals surface area contributed by atoms with Crippen LogP contribution in [-0.4, -0.2) is 67.0 Å². The third-order valence-corrected chi connectivity index (χ3v) is 8.65. The van der Waals surface area contributed by atoms with Crippen molar-refractivity contribution in [3.8, 4) is 0 Å². The van der Waals surface area contributed by atoms with Crippen molar-refractivity contribution < 1.29 is 26.3 Å². The fourth-order valence-corrected chi connectivity index (χ4v) is 6.62. The summed E-state index contributed by atoms with van der Waals surface area (Å²) in [4.78, 5) is 5.63. The first kappa shape index (κ1) is 21.0. The molecule has 0 radical (unpaired) electrons. The molecule has 3 aliphatic rings. The van der Waals surface area contributed by atoms with E-state index in [2.05, 4.69) is 23.7 Å². The largest absolute Gasteiger partial charge is 0.433 e. The Kier molecular flexibility index (Phi) is 4.81. The molecule has 1 spiro atoms. The van der Waals surface area contributed by atoms with E-state index in [1.807, 2.05) is 0 Å². The van der Waals surface area contributed by atoms with Gasteiger partial charge in [-0.25, -0.2) is 13.4 Å². The van der Waals surface area contributed by atoms with Gasteiger partial charge in [0.05, 0.1) is 11.3 Å². The van der Waals surface area contributed by atoms with Gasteiger partial charge in [0.15, 0.2) is 0 Å². The summed E-state index contributed by atoms with van der Waals surface area (Å²) in [5.74, 6) is 0. The number of halogens is 3. The minimum Gasteiger partial charge on any atom is -0.374 e. The number of hydrogen-bond acceptors (Lipinski definition) is 5. The fourth-order valence-electron chi connectivity index (χ4n) is 4.80. The molecule has 10 heteroatoms. The van der Waals surface area contributed by atoms with Crippen LogP contribution in [0.5, 0.6) is 0 Å². The predicted octanol–water partition coefficient (Wildman–Crippen LogP) is 2.67. The lowest BCUT2D eigenvalue weighted by Crippen LogP contribution is -2.75. The highest BCUT2D eigenvalue weighted by Crippen LogP contribution is 2.45. The molecule has 6 nitrogen and oxygen atoms in total. The number of nitrogens with zero attached hydrogens (tertiary/aromatic N) is 3. The van der Waals surface area contributed by atoms with E-state index in [0.29, 0.717) is 13.1 Å². The zero-order valence-electron chi connectivity index (χ0n) is 16.8. The second-order valence-electron chi connectivity index (χ2n) is 8.90. The maximum absolute atomic E-state index is 12.9. The normalized spacial score (nSPS) is 28.9. The second kappa shape index (κ2) is 6.63. The topological polar surface area (TPSA) is 62.7 Å². The van der Waals surface area contributed by atoms with Gasteiger partial charge in [-0.2, -0.15) is 17.5 Å². The van der Waals surface area contributed by atoms with Crippen LogP contribution in [-0.2, 0) is 20.9 Å². The van der Waals surface area contributed by atoms with Crippen LogP contribution < -0.4 is 0 Å². The zero-order chi connectivity index (χ0) is 21.2. The van der Waals surface area contributed by atoms with Gasteiger partial charge >= 0.3 is 6.18 Å². The predicted molar refractivity (Wildman–Crippen MR) is 99.8 cm³/mol. The molecule has 3 aliphatic heterocycles. The van der Waals surface area contributed by atoms with Gasteiger partial charge in [-0.15, -0.1) is 0 Å². The van der Waals surface area contributed by atoms with Crippen LogP contribution in [0.25, 0.3) is 0 Å². The van der Waals surface area contributed by atoms with Crippen LogP contribution in [0.3, 0.4) is 0 Å². The van der Waals surface area contributed by atoms with Crippen molar-refractivity contribution >= 4 is 10.0 Å². The molecule has 29 heavy (non-hydrogen) atoms. The quantitative estimate of drug-likeness (QED) is 0.731. The number of rotatable bonds is 4. The summed E-state index contributed by atoms with van der Waals surface area (Å²) < 4.78 is 71.4. The molecule has 1 unspecified atom stereocenters. The first-order valence-electron chi connectivity index (χ1n) is 9.79. The summed E-state index contributed by atoms with van der Waals surface area (Å²) in [5.41, 5.74) is -1.43. The molecule has 4 heterocycles. The Hall–Kier alpha value is -1.23. The van der Waals surface area contributed by atoms with Gasteiger partial charge in [0.25, 0.3) is 0 Å². The number of likely N-dealkylation sites (tertiary alicyclic amines) is 1. The van der Waals surface area contributed by atoms with Gasteiger partial charge in [0, 0.05) is 44.2 Å². The van der Waals surface area contributed by atoms with Crippen LogP contribution in [0.15, 0.2) is 17.0 Å². The van der Waals surface area contributed by atoms with Crippen LogP contribution in [0, 0.1) is 12.3 Å². The third-order valence-electron chi connectivity index (χ3n) is 6.73. The molecule has 0 bridgehead atoms. The molecular formula is C19H26F3N3O3S. The Bertz CT molecular complexity index is 899. The van der Waals surface area contributed by atoms with Crippen molar-refractivity contribution in [2.45, 2.75) is 56.3 Å². The Morgan fingerprint density at radius 2 is 1.86 bits per heavy atom. The van der Waals surface area contributed by atoms with E-state index in [0.717, 1.165) is 44.7 Å². The lowest BCUT2D eigenvalue weighted by Gasteiger charge is -2.62. The zero-order valence-corrected chi connectivity index (χ0v) is 17.6. The first-order valence-corrected chi connectivity index (χ1v) is 11.2. The summed E-state index contributed by atoms with van der Waals surface area (Å²) >= 11 is 0. The van der Waals surface area contributed by atoms with E-state index in [9.17, 15) is 21.6 Å². The lowest BCUT2D eigenvalue weighted by molar-refractivity contribution is -0.142. The van der Waals surface area contributed by atoms with Gasteiger partial charge in [-0.1, -0.05) is 0 Å². The molecular weight excluding hydrogens is 407 g/mol. The highest BCUT2D eigenvalue weighted by Gasteiger charge is 2.58. The van der Waals surface area contributed by atoms with Crippen LogP contribution in [0.1, 0.15) is 38.1 Å². The number of alkyl halides is 3. The Balaban J connectivity index is 1.40. The summed E-state index contributed by atoms with van der Waals surface area (Å²) in [6.07, 6.45) is -2.51. The average Bonchev–Trinajstić information content (AvgIpc) is 2.98. The summed E-state index contributed by atoms with van der Waals surface area (Å²) in [6.45, 7) is 8.76. The van der Waals surface area contributed by atoms with Crippen LogP contribution >= 0.6 is 0 Å². The number of pyridine rings is 1. The van der Waals surface area contributed by atoms with Crippen molar-refractivity contribution in [2.24, 2.45) is 5.41 Å². The molecule has 3 fully saturated rings. The van der Waals surface area contributed by atoms with Gasteiger partial charge < -0.3 is 4.74 Å². The second-order valence-corrected chi connectivity index (χ2v) is 10.8. The maximum Gasteiger partial charge on any atom is 0.433 e. The molecule has 0 aromatic carbocycles. The smallest absolute Gasteiger partial charge is 0.374 e. The van der Waals surface area contributed by atoms with E-state index in [1.54, 1.807) is 0 Å². The van der Waals surface area contributed by atoms with Crippen molar-refractivity contribution in [1.82, 2.24) is 14.2 Å². The number of aromatic nitrogens is 1. The Morgan fingerprint density at radius 1 is 1.21 bits per heavy atom. The summed E-state index contributed by atoms with van der Waals surface area (Å²) in [7, 11) is -3.85. The van der Waals surface area contributed by atoms with Crippen molar-refractivity contribution in [2.75, 3.05) is 32.8 Å².